The van der Waals surface area contributed by atoms with Crippen molar-refractivity contribution >= 4 is 11.6 Å². The number of carbonyl (C=O) groups is 1. The fourth-order valence-electron chi connectivity index (χ4n) is 2.03. The first kappa shape index (κ1) is 11.9. The SMILES string of the molecule is CCn1ncc(N)c1C(=O)N1CCN(C)CC1. The highest BCUT2D eigenvalue weighted by molar-refractivity contribution is 5.97. The van der Waals surface area contributed by atoms with Crippen molar-refractivity contribution in [3.05, 3.63) is 11.9 Å². The zero-order chi connectivity index (χ0) is 12.4. The average Bonchev–Trinajstić information content (AvgIpc) is 2.70. The second-order valence-electron chi connectivity index (χ2n) is 4.36. The molecule has 0 aromatic carbocycles. The Bertz CT molecular complexity index is 406. The van der Waals surface area contributed by atoms with Crippen LogP contribution < -0.4 is 5.73 Å². The molecular weight excluding hydrogens is 218 g/mol. The third-order valence-corrected chi connectivity index (χ3v) is 3.16. The first-order chi connectivity index (χ1) is 8.13. The Kier molecular flexibility index (Phi) is 3.33. The zero-order valence-electron chi connectivity index (χ0n) is 10.4. The third-order valence-electron chi connectivity index (χ3n) is 3.16. The van der Waals surface area contributed by atoms with Crippen molar-refractivity contribution in [2.75, 3.05) is 39.0 Å². The Balaban J connectivity index is 2.16. The third kappa shape index (κ3) is 2.26. The number of likely N-dealkylation sites (N-methyl/N-ethyl adjacent to an activating group) is 1. The van der Waals surface area contributed by atoms with E-state index in [4.69, 9.17) is 5.73 Å². The van der Waals surface area contributed by atoms with E-state index in [1.54, 1.807) is 10.9 Å². The van der Waals surface area contributed by atoms with Gasteiger partial charge in [-0.25, -0.2) is 0 Å². The van der Waals surface area contributed by atoms with Crippen LogP contribution in [0, 0.1) is 0 Å². The maximum Gasteiger partial charge on any atom is 0.274 e. The van der Waals surface area contributed by atoms with Gasteiger partial charge in [0.15, 0.2) is 0 Å². The van der Waals surface area contributed by atoms with Gasteiger partial charge in [0.1, 0.15) is 5.69 Å². The van der Waals surface area contributed by atoms with Gasteiger partial charge in [0.25, 0.3) is 5.91 Å². The average molecular weight is 237 g/mol. The summed E-state index contributed by atoms with van der Waals surface area (Å²) >= 11 is 0. The van der Waals surface area contributed by atoms with Crippen LogP contribution in [0.2, 0.25) is 0 Å². The van der Waals surface area contributed by atoms with Gasteiger partial charge in [-0.1, -0.05) is 0 Å². The molecule has 94 valence electrons. The normalized spacial score (nSPS) is 17.4. The molecule has 0 atom stereocenters. The number of amides is 1. The number of nitrogens with zero attached hydrogens (tertiary/aromatic N) is 4. The summed E-state index contributed by atoms with van der Waals surface area (Å²) in [5.41, 5.74) is 6.80. The zero-order valence-corrected chi connectivity index (χ0v) is 10.4. The van der Waals surface area contributed by atoms with Gasteiger partial charge in [-0.2, -0.15) is 5.10 Å². The highest BCUT2D eigenvalue weighted by atomic mass is 16.2. The lowest BCUT2D eigenvalue weighted by atomic mass is 10.2. The maximum absolute atomic E-state index is 12.3. The summed E-state index contributed by atoms with van der Waals surface area (Å²) < 4.78 is 1.66. The van der Waals surface area contributed by atoms with E-state index in [2.05, 4.69) is 17.0 Å². The van der Waals surface area contributed by atoms with Crippen molar-refractivity contribution < 1.29 is 4.79 Å². The number of nitrogen functional groups attached to an aromatic ring is 1. The van der Waals surface area contributed by atoms with E-state index in [9.17, 15) is 4.79 Å². The molecule has 17 heavy (non-hydrogen) atoms. The number of rotatable bonds is 2. The van der Waals surface area contributed by atoms with Gasteiger partial charge >= 0.3 is 0 Å². The van der Waals surface area contributed by atoms with Crippen LogP contribution in [-0.4, -0.2) is 58.7 Å². The maximum atomic E-state index is 12.3. The first-order valence-corrected chi connectivity index (χ1v) is 5.92. The summed E-state index contributed by atoms with van der Waals surface area (Å²) in [5, 5.41) is 4.10. The molecule has 0 unspecified atom stereocenters. The minimum atomic E-state index is -0.00468. The second-order valence-corrected chi connectivity index (χ2v) is 4.36. The summed E-state index contributed by atoms with van der Waals surface area (Å²) in [6, 6.07) is 0. The predicted octanol–water partition coefficient (Wildman–Crippen LogP) is -0.127. The molecule has 1 aromatic rings. The monoisotopic (exact) mass is 237 g/mol. The molecule has 1 amide bonds. The molecule has 6 heteroatoms. The fraction of sp³-hybridized carbons (Fsp3) is 0.636. The van der Waals surface area contributed by atoms with Crippen molar-refractivity contribution in [3.8, 4) is 0 Å². The lowest BCUT2D eigenvalue weighted by Crippen LogP contribution is -2.47. The molecular formula is C11H19N5O. The Morgan fingerprint density at radius 1 is 1.41 bits per heavy atom. The molecule has 0 saturated carbocycles. The van der Waals surface area contributed by atoms with Crippen molar-refractivity contribution in [1.29, 1.82) is 0 Å². The molecule has 1 aliphatic heterocycles. The molecule has 2 N–H and O–H groups in total. The first-order valence-electron chi connectivity index (χ1n) is 5.92. The molecule has 0 radical (unpaired) electrons. The van der Waals surface area contributed by atoms with Crippen LogP contribution in [0.5, 0.6) is 0 Å². The Morgan fingerprint density at radius 3 is 2.65 bits per heavy atom. The van der Waals surface area contributed by atoms with E-state index in [0.29, 0.717) is 17.9 Å². The van der Waals surface area contributed by atoms with E-state index < -0.39 is 0 Å². The van der Waals surface area contributed by atoms with Gasteiger partial charge < -0.3 is 15.5 Å². The molecule has 0 aliphatic carbocycles. The Labute approximate surface area is 101 Å². The molecule has 0 bridgehead atoms. The van der Waals surface area contributed by atoms with Gasteiger partial charge in [0.05, 0.1) is 11.9 Å². The Morgan fingerprint density at radius 2 is 2.06 bits per heavy atom. The summed E-state index contributed by atoms with van der Waals surface area (Å²) in [6.45, 7) is 5.93. The quantitative estimate of drug-likeness (QED) is 0.778. The summed E-state index contributed by atoms with van der Waals surface area (Å²) in [5.74, 6) is -0.00468. The fourth-order valence-corrected chi connectivity index (χ4v) is 2.03. The van der Waals surface area contributed by atoms with Crippen molar-refractivity contribution in [1.82, 2.24) is 19.6 Å². The molecule has 6 nitrogen and oxygen atoms in total. The molecule has 1 aromatic heterocycles. The lowest BCUT2D eigenvalue weighted by molar-refractivity contribution is 0.0653. The van der Waals surface area contributed by atoms with Crippen LogP contribution in [0.25, 0.3) is 0 Å². The van der Waals surface area contributed by atoms with Gasteiger partial charge in [-0.15, -0.1) is 0 Å². The highest BCUT2D eigenvalue weighted by Crippen LogP contribution is 2.14. The Hall–Kier alpha value is -1.56. The summed E-state index contributed by atoms with van der Waals surface area (Å²) in [6.07, 6.45) is 1.55. The number of nitrogens with two attached hydrogens (primary N) is 1. The van der Waals surface area contributed by atoms with Crippen LogP contribution in [0.3, 0.4) is 0 Å². The summed E-state index contributed by atoms with van der Waals surface area (Å²) in [4.78, 5) is 16.4. The number of hydrogen-bond acceptors (Lipinski definition) is 4. The number of aromatic nitrogens is 2. The topological polar surface area (TPSA) is 67.4 Å². The number of carbonyl (C=O) groups excluding carboxylic acids is 1. The minimum Gasteiger partial charge on any atom is -0.396 e. The largest absolute Gasteiger partial charge is 0.396 e. The molecule has 0 spiro atoms. The van der Waals surface area contributed by atoms with Crippen LogP contribution in [0.15, 0.2) is 6.20 Å². The molecule has 1 aliphatic rings. The number of aryl methyl sites for hydroxylation is 1. The highest BCUT2D eigenvalue weighted by Gasteiger charge is 2.24. The number of hydrogen-bond donors (Lipinski definition) is 1. The van der Waals surface area contributed by atoms with Crippen molar-refractivity contribution in [3.63, 3.8) is 0 Å². The van der Waals surface area contributed by atoms with Crippen LogP contribution in [-0.2, 0) is 6.54 Å². The van der Waals surface area contributed by atoms with Crippen LogP contribution >= 0.6 is 0 Å². The second kappa shape index (κ2) is 4.75. The van der Waals surface area contributed by atoms with E-state index in [0.717, 1.165) is 26.2 Å². The molecule has 2 rings (SSSR count). The van der Waals surface area contributed by atoms with E-state index in [1.807, 2.05) is 11.8 Å². The minimum absolute atomic E-state index is 0.00468. The number of piperazine rings is 1. The van der Waals surface area contributed by atoms with E-state index in [-0.39, 0.29) is 5.91 Å². The molecule has 2 heterocycles. The molecule has 1 saturated heterocycles. The van der Waals surface area contributed by atoms with Crippen molar-refractivity contribution in [2.24, 2.45) is 0 Å². The van der Waals surface area contributed by atoms with E-state index >= 15 is 0 Å². The number of anilines is 1. The predicted molar refractivity (Wildman–Crippen MR) is 65.7 cm³/mol. The van der Waals surface area contributed by atoms with Crippen LogP contribution in [0.1, 0.15) is 17.4 Å². The van der Waals surface area contributed by atoms with Crippen LogP contribution in [0.4, 0.5) is 5.69 Å². The smallest absolute Gasteiger partial charge is 0.274 e. The van der Waals surface area contributed by atoms with Gasteiger partial charge in [-0.3, -0.25) is 9.48 Å². The van der Waals surface area contributed by atoms with Gasteiger partial charge in [0.2, 0.25) is 0 Å². The van der Waals surface area contributed by atoms with E-state index in [1.165, 1.54) is 0 Å². The molecule has 1 fully saturated rings. The lowest BCUT2D eigenvalue weighted by Gasteiger charge is -2.32. The summed E-state index contributed by atoms with van der Waals surface area (Å²) in [7, 11) is 2.06. The van der Waals surface area contributed by atoms with Crippen molar-refractivity contribution in [2.45, 2.75) is 13.5 Å². The standard InChI is InChI=1S/C11H19N5O/c1-3-16-10(9(12)8-13-16)11(17)15-6-4-14(2)5-7-15/h8H,3-7,12H2,1-2H3. The van der Waals surface area contributed by atoms with Gasteiger partial charge in [-0.05, 0) is 14.0 Å². The van der Waals surface area contributed by atoms with Gasteiger partial charge in [0, 0.05) is 32.7 Å².